The number of hydrogen-bond donors (Lipinski definition) is 0. The van der Waals surface area contributed by atoms with Crippen LogP contribution in [0.2, 0.25) is 58.9 Å². The van der Waals surface area contributed by atoms with Gasteiger partial charge in [-0.1, -0.05) is 0 Å². The van der Waals surface area contributed by atoms with Crippen LogP contribution in [-0.4, -0.2) is 37.0 Å². The molecule has 0 amide bonds. The van der Waals surface area contributed by atoms with E-state index >= 15 is 0 Å². The van der Waals surface area contributed by atoms with Gasteiger partial charge in [-0.15, -0.1) is 0 Å². The van der Waals surface area contributed by atoms with Gasteiger partial charge < -0.3 is 13.3 Å². The number of halogens is 2. The quantitative estimate of drug-likeness (QED) is 0.487. The van der Waals surface area contributed by atoms with Crippen molar-refractivity contribution >= 4 is 30.9 Å². The van der Waals surface area contributed by atoms with Crippen molar-refractivity contribution in [2.75, 3.05) is 0 Å². The number of carbonyl (C=O) groups excluding carboxylic acids is 1. The van der Waals surface area contributed by atoms with Crippen molar-refractivity contribution < 1.29 is 26.9 Å². The average Bonchev–Trinajstić information content (AvgIpc) is 2.17. The van der Waals surface area contributed by atoms with Crippen LogP contribution in [0.5, 0.6) is 0 Å². The molecule has 0 saturated carbocycles. The predicted octanol–water partition coefficient (Wildman–Crippen LogP) is 4.54. The summed E-state index contributed by atoms with van der Waals surface area (Å²) in [4.78, 5) is 12.3. The second-order valence-electron chi connectivity index (χ2n) is 7.98. The molecule has 0 aliphatic carbocycles. The molecule has 0 aromatic carbocycles. The lowest BCUT2D eigenvalue weighted by Crippen LogP contribution is -2.44. The smallest absolute Gasteiger partial charge is 0.328 e. The largest absolute Gasteiger partial charge is 0.541 e. The lowest BCUT2D eigenvalue weighted by molar-refractivity contribution is -0.143. The first kappa shape index (κ1) is 21.5. The Morgan fingerprint density at radius 1 is 0.773 bits per heavy atom. The summed E-state index contributed by atoms with van der Waals surface area (Å²) in [6, 6.07) is 0. The van der Waals surface area contributed by atoms with E-state index in [1.54, 1.807) is 19.6 Å². The van der Waals surface area contributed by atoms with E-state index in [9.17, 15) is 13.6 Å². The van der Waals surface area contributed by atoms with Crippen LogP contribution in [0.4, 0.5) is 8.78 Å². The van der Waals surface area contributed by atoms with E-state index in [4.69, 9.17) is 13.3 Å². The Kier molecular flexibility index (Phi) is 7.19. The molecule has 0 spiro atoms. The molecule has 130 valence electrons. The minimum Gasteiger partial charge on any atom is -0.541 e. The first-order valence-corrected chi connectivity index (χ1v) is 17.4. The third-order valence-electron chi connectivity index (χ3n) is 1.93. The molecule has 0 rings (SSSR count). The molecule has 0 saturated heterocycles. The molecule has 0 aliphatic rings. The third kappa shape index (κ3) is 9.49. The van der Waals surface area contributed by atoms with Gasteiger partial charge in [0, 0.05) is 0 Å². The average molecular weight is 371 g/mol. The van der Waals surface area contributed by atoms with E-state index in [1.807, 2.05) is 39.3 Å². The second kappa shape index (κ2) is 7.37. The minimum absolute atomic E-state index is 0.690. The first-order chi connectivity index (χ1) is 9.52. The van der Waals surface area contributed by atoms with Crippen LogP contribution in [0.1, 0.15) is 0 Å². The van der Waals surface area contributed by atoms with E-state index in [-0.39, 0.29) is 0 Å². The molecule has 9 heteroatoms. The highest BCUT2D eigenvalue weighted by atomic mass is 28.4. The van der Waals surface area contributed by atoms with Gasteiger partial charge >= 0.3 is 12.0 Å². The Bertz CT molecular complexity index is 430. The van der Waals surface area contributed by atoms with Crippen molar-refractivity contribution in [2.24, 2.45) is 0 Å². The molecule has 0 bridgehead atoms. The molecule has 0 aliphatic heterocycles. The van der Waals surface area contributed by atoms with E-state index in [1.165, 1.54) is 0 Å². The van der Waals surface area contributed by atoms with Crippen LogP contribution in [-0.2, 0) is 18.1 Å². The molecule has 1 unspecified atom stereocenters. The van der Waals surface area contributed by atoms with E-state index in [0.29, 0.717) is 0 Å². The van der Waals surface area contributed by atoms with Crippen molar-refractivity contribution in [1.82, 2.24) is 0 Å². The Morgan fingerprint density at radius 2 is 1.18 bits per heavy atom. The molecule has 22 heavy (non-hydrogen) atoms. The Labute approximate surface area is 135 Å². The highest BCUT2D eigenvalue weighted by Crippen LogP contribution is 2.26. The fraction of sp³-hybridized carbons (Fsp3) is 0.769. The van der Waals surface area contributed by atoms with Gasteiger partial charge in [0.1, 0.15) is 0 Å². The standard InChI is InChI=1S/C13H28F2O4Si3/c1-20(2,3)17-10(12(14)15)11(18-21(4,5)6)13(16)19-22(7,8)9/h11H,1-9H3. The molecular weight excluding hydrogens is 342 g/mol. The summed E-state index contributed by atoms with van der Waals surface area (Å²) < 4.78 is 43.2. The summed E-state index contributed by atoms with van der Waals surface area (Å²) in [6.07, 6.45) is -3.52. The molecule has 0 radical (unpaired) electrons. The van der Waals surface area contributed by atoms with Crippen LogP contribution in [0, 0.1) is 0 Å². The van der Waals surface area contributed by atoms with Gasteiger partial charge in [0.15, 0.2) is 14.1 Å². The Balaban J connectivity index is 5.63. The van der Waals surface area contributed by atoms with E-state index in [0.717, 1.165) is 0 Å². The predicted molar refractivity (Wildman–Crippen MR) is 91.3 cm³/mol. The molecule has 0 aromatic rings. The molecule has 0 heterocycles. The van der Waals surface area contributed by atoms with Gasteiger partial charge in [-0.05, 0) is 58.9 Å². The third-order valence-corrected chi connectivity index (χ3v) is 4.52. The molecule has 0 N–H and O–H groups in total. The fourth-order valence-corrected chi connectivity index (χ4v) is 3.90. The van der Waals surface area contributed by atoms with Crippen LogP contribution in [0.15, 0.2) is 11.8 Å². The SMILES string of the molecule is C[Si](C)(C)OC(=O)C(O[Si](C)(C)C)C(O[Si](C)(C)C)=C(F)F. The van der Waals surface area contributed by atoms with Gasteiger partial charge in [-0.25, -0.2) is 0 Å². The monoisotopic (exact) mass is 370 g/mol. The fourth-order valence-electron chi connectivity index (χ4n) is 1.44. The van der Waals surface area contributed by atoms with Crippen LogP contribution in [0.3, 0.4) is 0 Å². The summed E-state index contributed by atoms with van der Waals surface area (Å²) in [5, 5.41) is 0. The zero-order chi connectivity index (χ0) is 17.9. The zero-order valence-corrected chi connectivity index (χ0v) is 18.0. The van der Waals surface area contributed by atoms with Gasteiger partial charge in [0.2, 0.25) is 22.7 Å². The van der Waals surface area contributed by atoms with E-state index in [2.05, 4.69) is 0 Å². The lowest BCUT2D eigenvalue weighted by atomic mass is 10.3. The highest BCUT2D eigenvalue weighted by Gasteiger charge is 2.39. The molecule has 0 fully saturated rings. The first-order valence-electron chi connectivity index (χ1n) is 7.17. The summed E-state index contributed by atoms with van der Waals surface area (Å²) in [7, 11) is -6.81. The van der Waals surface area contributed by atoms with Crippen molar-refractivity contribution in [3.8, 4) is 0 Å². The summed E-state index contributed by atoms with van der Waals surface area (Å²) in [5.41, 5.74) is 0. The van der Waals surface area contributed by atoms with Crippen molar-refractivity contribution in [2.45, 2.75) is 65.0 Å². The maximum atomic E-state index is 13.4. The van der Waals surface area contributed by atoms with Gasteiger partial charge in [-0.2, -0.15) is 8.78 Å². The highest BCUT2D eigenvalue weighted by molar-refractivity contribution is 6.72. The Hall–Kier alpha value is -0.519. The number of hydrogen-bond acceptors (Lipinski definition) is 4. The summed E-state index contributed by atoms with van der Waals surface area (Å²) >= 11 is 0. The second-order valence-corrected chi connectivity index (χ2v) is 21.3. The van der Waals surface area contributed by atoms with Gasteiger partial charge in [0.05, 0.1) is 0 Å². The molecular formula is C13H28F2O4Si3. The molecule has 1 atom stereocenters. The zero-order valence-electron chi connectivity index (χ0n) is 15.0. The normalized spacial score (nSPS) is 14.3. The maximum Gasteiger partial charge on any atom is 0.328 e. The van der Waals surface area contributed by atoms with Crippen molar-refractivity contribution in [1.29, 1.82) is 0 Å². The topological polar surface area (TPSA) is 44.8 Å². The summed E-state index contributed by atoms with van der Waals surface area (Å²) in [5.74, 6) is -1.48. The Morgan fingerprint density at radius 3 is 1.45 bits per heavy atom. The molecule has 4 nitrogen and oxygen atoms in total. The molecule has 0 aromatic heterocycles. The number of rotatable bonds is 7. The van der Waals surface area contributed by atoms with Crippen LogP contribution < -0.4 is 0 Å². The van der Waals surface area contributed by atoms with Crippen molar-refractivity contribution in [3.05, 3.63) is 11.8 Å². The lowest BCUT2D eigenvalue weighted by Gasteiger charge is -2.31. The van der Waals surface area contributed by atoms with Crippen molar-refractivity contribution in [3.63, 3.8) is 0 Å². The minimum atomic E-state index is -2.32. The summed E-state index contributed by atoms with van der Waals surface area (Å²) in [6.45, 7) is 16.2. The van der Waals surface area contributed by atoms with Crippen LogP contribution in [0.25, 0.3) is 0 Å². The van der Waals surface area contributed by atoms with Crippen LogP contribution >= 0.6 is 0 Å². The van der Waals surface area contributed by atoms with E-state index < -0.39 is 48.9 Å². The van der Waals surface area contributed by atoms with Gasteiger partial charge in [0.25, 0.3) is 0 Å². The maximum absolute atomic E-state index is 13.4. The van der Waals surface area contributed by atoms with Gasteiger partial charge in [-0.3, -0.25) is 4.79 Å². The number of carbonyl (C=O) groups is 1.